The van der Waals surface area contributed by atoms with E-state index in [2.05, 4.69) is 6.66 Å². The molecule has 2 nitrogen and oxygen atoms in total. The molecule has 0 heterocycles. The van der Waals surface area contributed by atoms with Crippen LogP contribution in [0.4, 0.5) is 0 Å². The van der Waals surface area contributed by atoms with Gasteiger partial charge in [0.15, 0.2) is 11.6 Å². The molecule has 0 fully saturated rings. The molecule has 0 saturated carbocycles. The lowest BCUT2D eigenvalue weighted by molar-refractivity contribution is 0.100. The lowest BCUT2D eigenvalue weighted by Crippen LogP contribution is -2.13. The number of Topliss-reactive ketones (excluding diaryl/α,β-unsaturated/α-hetero) is 2. The van der Waals surface area contributed by atoms with E-state index in [1.54, 1.807) is 13.8 Å². The summed E-state index contributed by atoms with van der Waals surface area (Å²) in [5, 5.41) is 2.29. The number of carbonyl (C=O) groups is 2. The smallest absolute Gasteiger partial charge is 0.159 e. The summed E-state index contributed by atoms with van der Waals surface area (Å²) in [7, 11) is -0.557. The highest BCUT2D eigenvalue weighted by Crippen LogP contribution is 2.29. The van der Waals surface area contributed by atoms with Crippen molar-refractivity contribution in [3.8, 4) is 0 Å². The van der Waals surface area contributed by atoms with Gasteiger partial charge in [-0.15, -0.1) is 0 Å². The van der Waals surface area contributed by atoms with E-state index in [4.69, 9.17) is 0 Å². The molecular formula is C17H17O2P. The molecule has 0 aliphatic carbocycles. The Morgan fingerprint density at radius 3 is 1.55 bits per heavy atom. The minimum Gasteiger partial charge on any atom is -0.295 e. The van der Waals surface area contributed by atoms with Crippen molar-refractivity contribution in [2.75, 3.05) is 6.66 Å². The largest absolute Gasteiger partial charge is 0.295 e. The zero-order valence-corrected chi connectivity index (χ0v) is 12.8. The van der Waals surface area contributed by atoms with Crippen LogP contribution in [0.1, 0.15) is 34.6 Å². The molecule has 0 bridgehead atoms. The third-order valence-electron chi connectivity index (χ3n) is 3.28. The first-order valence-corrected chi connectivity index (χ1v) is 8.23. The molecular weight excluding hydrogens is 267 g/mol. The predicted molar refractivity (Wildman–Crippen MR) is 85.0 cm³/mol. The summed E-state index contributed by atoms with van der Waals surface area (Å²) < 4.78 is 0. The summed E-state index contributed by atoms with van der Waals surface area (Å²) in [5.74, 6) is 0.153. The number of hydrogen-bond donors (Lipinski definition) is 0. The first-order chi connectivity index (χ1) is 9.49. The summed E-state index contributed by atoms with van der Waals surface area (Å²) in [4.78, 5) is 22.9. The van der Waals surface area contributed by atoms with Gasteiger partial charge in [-0.25, -0.2) is 0 Å². The third kappa shape index (κ3) is 3.20. The maximum absolute atomic E-state index is 11.5. The minimum atomic E-state index is -0.557. The van der Waals surface area contributed by atoms with E-state index < -0.39 is 7.92 Å². The highest BCUT2D eigenvalue weighted by atomic mass is 31.1. The van der Waals surface area contributed by atoms with E-state index in [0.29, 0.717) is 0 Å². The van der Waals surface area contributed by atoms with Gasteiger partial charge < -0.3 is 0 Å². The summed E-state index contributed by atoms with van der Waals surface area (Å²) in [6.45, 7) is 5.30. The van der Waals surface area contributed by atoms with E-state index >= 15 is 0 Å². The van der Waals surface area contributed by atoms with Crippen LogP contribution in [0.15, 0.2) is 48.5 Å². The van der Waals surface area contributed by atoms with Crippen molar-refractivity contribution in [3.05, 3.63) is 59.7 Å². The lowest BCUT2D eigenvalue weighted by Gasteiger charge is -2.14. The van der Waals surface area contributed by atoms with Crippen molar-refractivity contribution in [2.24, 2.45) is 0 Å². The molecule has 0 aromatic heterocycles. The molecule has 2 aromatic rings. The second kappa shape index (κ2) is 6.11. The maximum atomic E-state index is 11.5. The van der Waals surface area contributed by atoms with Gasteiger partial charge in [0, 0.05) is 11.1 Å². The van der Waals surface area contributed by atoms with E-state index in [-0.39, 0.29) is 11.6 Å². The number of carbonyl (C=O) groups excluding carboxylic acids is 2. The van der Waals surface area contributed by atoms with Crippen LogP contribution in [-0.4, -0.2) is 18.2 Å². The molecule has 0 aliphatic rings. The van der Waals surface area contributed by atoms with E-state index in [9.17, 15) is 9.59 Å². The molecule has 0 atom stereocenters. The molecule has 0 N–H and O–H groups in total. The first kappa shape index (κ1) is 14.6. The van der Waals surface area contributed by atoms with Crippen molar-refractivity contribution in [1.82, 2.24) is 0 Å². The van der Waals surface area contributed by atoms with Gasteiger partial charge in [0.1, 0.15) is 0 Å². The van der Waals surface area contributed by atoms with Crippen LogP contribution in [-0.2, 0) is 0 Å². The molecule has 0 unspecified atom stereocenters. The fraction of sp³-hybridized carbons (Fsp3) is 0.176. The molecule has 0 aliphatic heterocycles. The number of benzene rings is 2. The van der Waals surface area contributed by atoms with Gasteiger partial charge in [-0.1, -0.05) is 36.4 Å². The Kier molecular flexibility index (Phi) is 4.46. The Morgan fingerprint density at radius 1 is 0.800 bits per heavy atom. The molecule has 0 spiro atoms. The Bertz CT molecular complexity index is 604. The van der Waals surface area contributed by atoms with E-state index in [0.717, 1.165) is 21.7 Å². The zero-order chi connectivity index (χ0) is 14.7. The summed E-state index contributed by atoms with van der Waals surface area (Å²) in [6.07, 6.45) is 0. The Hall–Kier alpha value is -1.79. The van der Waals surface area contributed by atoms with Crippen LogP contribution in [0.3, 0.4) is 0 Å². The molecule has 0 amide bonds. The topological polar surface area (TPSA) is 34.1 Å². The van der Waals surface area contributed by atoms with Gasteiger partial charge in [0.05, 0.1) is 0 Å². The van der Waals surface area contributed by atoms with Crippen LogP contribution in [0.2, 0.25) is 0 Å². The van der Waals surface area contributed by atoms with Gasteiger partial charge in [0.2, 0.25) is 0 Å². The first-order valence-electron chi connectivity index (χ1n) is 6.45. The van der Waals surface area contributed by atoms with Crippen molar-refractivity contribution >= 4 is 30.1 Å². The van der Waals surface area contributed by atoms with Gasteiger partial charge in [-0.2, -0.15) is 0 Å². The number of rotatable bonds is 4. The van der Waals surface area contributed by atoms with Crippen LogP contribution in [0, 0.1) is 0 Å². The fourth-order valence-electron chi connectivity index (χ4n) is 2.02. The van der Waals surface area contributed by atoms with Crippen molar-refractivity contribution in [3.63, 3.8) is 0 Å². The van der Waals surface area contributed by atoms with Crippen LogP contribution in [0.5, 0.6) is 0 Å². The highest BCUT2D eigenvalue weighted by Gasteiger charge is 2.11. The molecule has 20 heavy (non-hydrogen) atoms. The Balaban J connectivity index is 2.38. The third-order valence-corrected chi connectivity index (χ3v) is 5.39. The van der Waals surface area contributed by atoms with E-state index in [1.807, 2.05) is 48.5 Å². The second-order valence-electron chi connectivity index (χ2n) is 4.77. The Labute approximate surface area is 120 Å². The number of ketones is 2. The SMILES string of the molecule is CC(=O)c1cccc(P(C)c2cccc(C(C)=O)c2)c1. The zero-order valence-electron chi connectivity index (χ0n) is 11.9. The molecule has 0 saturated heterocycles. The molecule has 3 heteroatoms. The molecule has 2 aromatic carbocycles. The average molecular weight is 284 g/mol. The van der Waals surface area contributed by atoms with E-state index in [1.165, 1.54) is 0 Å². The monoisotopic (exact) mass is 284 g/mol. The van der Waals surface area contributed by atoms with Crippen LogP contribution in [0.25, 0.3) is 0 Å². The van der Waals surface area contributed by atoms with Crippen LogP contribution >= 0.6 is 7.92 Å². The van der Waals surface area contributed by atoms with Crippen molar-refractivity contribution < 1.29 is 9.59 Å². The van der Waals surface area contributed by atoms with Gasteiger partial charge in [0.25, 0.3) is 0 Å². The predicted octanol–water partition coefficient (Wildman–Crippen LogP) is 3.15. The highest BCUT2D eigenvalue weighted by molar-refractivity contribution is 7.72. The summed E-state index contributed by atoms with van der Waals surface area (Å²) in [6, 6.07) is 15.5. The summed E-state index contributed by atoms with van der Waals surface area (Å²) >= 11 is 0. The average Bonchev–Trinajstić information content (AvgIpc) is 2.46. The summed E-state index contributed by atoms with van der Waals surface area (Å²) in [5.41, 5.74) is 1.47. The molecule has 0 radical (unpaired) electrons. The quantitative estimate of drug-likeness (QED) is 0.638. The van der Waals surface area contributed by atoms with Crippen molar-refractivity contribution in [1.29, 1.82) is 0 Å². The van der Waals surface area contributed by atoms with Gasteiger partial charge in [-0.3, -0.25) is 9.59 Å². The normalized spacial score (nSPS) is 10.6. The fourth-order valence-corrected chi connectivity index (χ4v) is 3.60. The second-order valence-corrected chi connectivity index (χ2v) is 6.92. The Morgan fingerprint density at radius 2 is 1.20 bits per heavy atom. The standard InChI is InChI=1S/C17H17O2P/c1-12(18)14-6-4-8-16(10-14)20(3)17-9-5-7-15(11-17)13(2)19/h4-11H,1-3H3. The molecule has 102 valence electrons. The minimum absolute atomic E-state index is 0.0766. The molecule has 2 rings (SSSR count). The van der Waals surface area contributed by atoms with Gasteiger partial charge in [-0.05, 0) is 51.2 Å². The van der Waals surface area contributed by atoms with Gasteiger partial charge >= 0.3 is 0 Å². The lowest BCUT2D eigenvalue weighted by atomic mass is 10.1. The maximum Gasteiger partial charge on any atom is 0.159 e. The number of hydrogen-bond acceptors (Lipinski definition) is 2. The van der Waals surface area contributed by atoms with Crippen LogP contribution < -0.4 is 10.6 Å². The van der Waals surface area contributed by atoms with Crippen molar-refractivity contribution in [2.45, 2.75) is 13.8 Å².